The summed E-state index contributed by atoms with van der Waals surface area (Å²) < 4.78 is 0. The molecule has 2 aromatic rings. The lowest BCUT2D eigenvalue weighted by Gasteiger charge is -2.56. The second kappa shape index (κ2) is 8.14. The summed E-state index contributed by atoms with van der Waals surface area (Å²) in [7, 11) is 0. The van der Waals surface area contributed by atoms with Crippen LogP contribution in [0.15, 0.2) is 42.1 Å². The van der Waals surface area contributed by atoms with E-state index in [-0.39, 0.29) is 18.1 Å². The highest BCUT2D eigenvalue weighted by Crippen LogP contribution is 2.63. The summed E-state index contributed by atoms with van der Waals surface area (Å²) in [5.41, 5.74) is 3.85. The third kappa shape index (κ3) is 3.38. The molecule has 4 aliphatic rings. The first-order valence-corrected chi connectivity index (χ1v) is 12.4. The second-order valence-electron chi connectivity index (χ2n) is 11.1. The number of hydrogen-bond acceptors (Lipinski definition) is 3. The molecule has 0 aliphatic heterocycles. The molecule has 172 valence electrons. The number of rotatable bonds is 1. The lowest BCUT2D eigenvalue weighted by molar-refractivity contribution is -0.132. The molecule has 3 saturated carbocycles. The van der Waals surface area contributed by atoms with E-state index in [0.29, 0.717) is 23.0 Å². The third-order valence-electron chi connectivity index (χ3n) is 9.63. The van der Waals surface area contributed by atoms with Crippen molar-refractivity contribution >= 4 is 16.7 Å². The van der Waals surface area contributed by atoms with Gasteiger partial charge in [0.15, 0.2) is 0 Å². The normalized spacial score (nSPS) is 38.2. The Morgan fingerprint density at radius 3 is 2.62 bits per heavy atom. The van der Waals surface area contributed by atoms with Gasteiger partial charge in [-0.25, -0.2) is 0 Å². The highest BCUT2D eigenvalue weighted by atomic mass is 16.3. The molecule has 1 aromatic heterocycles. The molecular formula is C28H37NO3. The van der Waals surface area contributed by atoms with E-state index in [1.165, 1.54) is 12.0 Å². The van der Waals surface area contributed by atoms with Gasteiger partial charge in [-0.2, -0.15) is 0 Å². The number of hydrogen-bond donors (Lipinski definition) is 3. The molecule has 0 saturated heterocycles. The van der Waals surface area contributed by atoms with Gasteiger partial charge in [-0.3, -0.25) is 4.79 Å². The molecule has 4 heteroatoms. The van der Waals surface area contributed by atoms with Crippen molar-refractivity contribution in [2.24, 2.45) is 28.6 Å². The van der Waals surface area contributed by atoms with Crippen molar-refractivity contribution in [2.75, 3.05) is 0 Å². The Hall–Kier alpha value is -1.91. The molecule has 1 aromatic carbocycles. The van der Waals surface area contributed by atoms with Gasteiger partial charge in [-0.1, -0.05) is 43.7 Å². The fraction of sp³-hybridized carbons (Fsp3) is 0.607. The minimum atomic E-state index is -0.122. The predicted octanol–water partition coefficient (Wildman–Crippen LogP) is 5.54. The molecule has 0 bridgehead atoms. The quantitative estimate of drug-likeness (QED) is 0.515. The van der Waals surface area contributed by atoms with Crippen LogP contribution in [-0.2, 0) is 11.4 Å². The maximum Gasteiger partial charge on any atom is 0.139 e. The van der Waals surface area contributed by atoms with Crippen LogP contribution in [0.1, 0.15) is 70.8 Å². The topological polar surface area (TPSA) is 73.3 Å². The van der Waals surface area contributed by atoms with Crippen LogP contribution >= 0.6 is 0 Å². The summed E-state index contributed by atoms with van der Waals surface area (Å²) in [5.74, 6) is 2.60. The van der Waals surface area contributed by atoms with Crippen LogP contribution in [0.5, 0.6) is 0 Å². The number of aliphatic hydroxyl groups excluding tert-OH is 2. The SMILES string of the molecule is C[C@]12CC[C@H](O)CC1=CC[C@@H]1[C@@H]2CC[C@]2(C)C(=O)CC[C@@H]12.OCc1c[nH]c2ccccc12. The van der Waals surface area contributed by atoms with E-state index in [9.17, 15) is 9.90 Å². The summed E-state index contributed by atoms with van der Waals surface area (Å²) in [5, 5.41) is 20.0. The lowest BCUT2D eigenvalue weighted by atomic mass is 9.48. The first kappa shape index (κ1) is 21.9. The summed E-state index contributed by atoms with van der Waals surface area (Å²) in [6.45, 7) is 4.79. The van der Waals surface area contributed by atoms with Gasteiger partial charge in [0.05, 0.1) is 12.7 Å². The van der Waals surface area contributed by atoms with E-state index in [1.54, 1.807) is 0 Å². The summed E-state index contributed by atoms with van der Waals surface area (Å²) >= 11 is 0. The van der Waals surface area contributed by atoms with Gasteiger partial charge in [0.25, 0.3) is 0 Å². The summed E-state index contributed by atoms with van der Waals surface area (Å²) in [6.07, 6.45) is 12.5. The zero-order valence-corrected chi connectivity index (χ0v) is 19.4. The third-order valence-corrected chi connectivity index (χ3v) is 9.63. The number of Topliss-reactive ketones (excluding diaryl/α,β-unsaturated/α-hetero) is 1. The van der Waals surface area contributed by atoms with Gasteiger partial charge in [0, 0.05) is 34.5 Å². The number of para-hydroxylation sites is 1. The molecule has 32 heavy (non-hydrogen) atoms. The second-order valence-corrected chi connectivity index (χ2v) is 11.1. The maximum atomic E-state index is 12.4. The Kier molecular flexibility index (Phi) is 5.58. The number of aliphatic hydroxyl groups is 2. The maximum absolute atomic E-state index is 12.4. The number of carbonyl (C=O) groups is 1. The highest BCUT2D eigenvalue weighted by molar-refractivity contribution is 5.87. The first-order chi connectivity index (χ1) is 15.4. The monoisotopic (exact) mass is 435 g/mol. The Morgan fingerprint density at radius 2 is 1.81 bits per heavy atom. The average molecular weight is 436 g/mol. The van der Waals surface area contributed by atoms with Crippen molar-refractivity contribution in [3.05, 3.63) is 47.7 Å². The standard InChI is InChI=1S/C19H28O2.C9H9NO/c1-18-9-7-13(20)11-12(18)3-4-14-15-5-6-17(21)19(15,2)10-8-16(14)18;11-6-7-5-10-9-4-2-1-3-8(7)9/h3,13-16,20H,4-11H2,1-2H3;1-5,10-11H,6H2/t13-,14-,15-,16-,18-,19-;/m0./s1. The van der Waals surface area contributed by atoms with Gasteiger partial charge >= 0.3 is 0 Å². The molecule has 6 atom stereocenters. The number of allylic oxidation sites excluding steroid dienone is 1. The van der Waals surface area contributed by atoms with Crippen molar-refractivity contribution in [3.8, 4) is 0 Å². The molecule has 1 heterocycles. The Balaban J connectivity index is 0.000000165. The molecule has 0 spiro atoms. The highest BCUT2D eigenvalue weighted by Gasteiger charge is 2.58. The zero-order valence-electron chi connectivity index (χ0n) is 19.4. The van der Waals surface area contributed by atoms with Crippen molar-refractivity contribution in [1.29, 1.82) is 0 Å². The van der Waals surface area contributed by atoms with Crippen LogP contribution in [0.2, 0.25) is 0 Å². The number of aromatic nitrogens is 1. The van der Waals surface area contributed by atoms with Crippen molar-refractivity contribution in [2.45, 2.75) is 77.9 Å². The van der Waals surface area contributed by atoms with Crippen LogP contribution in [0.25, 0.3) is 10.9 Å². The van der Waals surface area contributed by atoms with Crippen LogP contribution in [0.3, 0.4) is 0 Å². The largest absolute Gasteiger partial charge is 0.393 e. The van der Waals surface area contributed by atoms with Gasteiger partial charge in [-0.15, -0.1) is 0 Å². The molecule has 3 N–H and O–H groups in total. The van der Waals surface area contributed by atoms with Gasteiger partial charge in [-0.05, 0) is 74.2 Å². The van der Waals surface area contributed by atoms with E-state index in [1.807, 2.05) is 30.5 Å². The number of ketones is 1. The summed E-state index contributed by atoms with van der Waals surface area (Å²) in [4.78, 5) is 15.4. The van der Waals surface area contributed by atoms with Crippen molar-refractivity contribution < 1.29 is 15.0 Å². The van der Waals surface area contributed by atoms with Crippen molar-refractivity contribution in [3.63, 3.8) is 0 Å². The Labute approximate surface area is 191 Å². The minimum Gasteiger partial charge on any atom is -0.393 e. The minimum absolute atomic E-state index is 0.0168. The van der Waals surface area contributed by atoms with E-state index in [0.717, 1.165) is 67.3 Å². The van der Waals surface area contributed by atoms with E-state index in [4.69, 9.17) is 5.11 Å². The molecule has 0 amide bonds. The zero-order chi connectivity index (χ0) is 22.5. The average Bonchev–Trinajstić information content (AvgIpc) is 3.35. The number of carbonyl (C=O) groups excluding carboxylic acids is 1. The molecule has 0 unspecified atom stereocenters. The summed E-state index contributed by atoms with van der Waals surface area (Å²) in [6, 6.07) is 7.93. The Bertz CT molecular complexity index is 1040. The van der Waals surface area contributed by atoms with Crippen LogP contribution in [0, 0.1) is 28.6 Å². The van der Waals surface area contributed by atoms with E-state index in [2.05, 4.69) is 24.9 Å². The molecule has 0 radical (unpaired) electrons. The molecular weight excluding hydrogens is 398 g/mol. The van der Waals surface area contributed by atoms with Gasteiger partial charge in [0.1, 0.15) is 5.78 Å². The van der Waals surface area contributed by atoms with Gasteiger partial charge < -0.3 is 15.2 Å². The predicted molar refractivity (Wildman–Crippen MR) is 127 cm³/mol. The molecule has 6 rings (SSSR count). The van der Waals surface area contributed by atoms with E-state index < -0.39 is 0 Å². The fourth-order valence-electron chi connectivity index (χ4n) is 7.68. The number of H-pyrrole nitrogens is 1. The number of aromatic amines is 1. The number of fused-ring (bicyclic) bond motifs is 6. The fourth-order valence-corrected chi connectivity index (χ4v) is 7.68. The van der Waals surface area contributed by atoms with Crippen LogP contribution < -0.4 is 0 Å². The molecule has 4 aliphatic carbocycles. The van der Waals surface area contributed by atoms with Crippen molar-refractivity contribution in [1.82, 2.24) is 4.98 Å². The lowest BCUT2D eigenvalue weighted by Crippen LogP contribution is -2.50. The molecule has 4 nitrogen and oxygen atoms in total. The Morgan fingerprint density at radius 1 is 1.06 bits per heavy atom. The number of benzene rings is 1. The first-order valence-electron chi connectivity index (χ1n) is 12.4. The smallest absolute Gasteiger partial charge is 0.139 e. The molecule has 3 fully saturated rings. The van der Waals surface area contributed by atoms with E-state index >= 15 is 0 Å². The van der Waals surface area contributed by atoms with Crippen LogP contribution in [0.4, 0.5) is 0 Å². The van der Waals surface area contributed by atoms with Crippen LogP contribution in [-0.4, -0.2) is 27.1 Å². The van der Waals surface area contributed by atoms with Gasteiger partial charge in [0.2, 0.25) is 0 Å². The number of nitrogens with one attached hydrogen (secondary N) is 1.